The predicted octanol–water partition coefficient (Wildman–Crippen LogP) is 1.60. The van der Waals surface area contributed by atoms with Crippen LogP contribution in [0.3, 0.4) is 0 Å². The smallest absolute Gasteiger partial charge is 0.0991 e. The molecule has 0 saturated carbocycles. The number of hydrogen-bond donors (Lipinski definition) is 1. The van der Waals surface area contributed by atoms with Crippen LogP contribution in [0.2, 0.25) is 0 Å². The summed E-state index contributed by atoms with van der Waals surface area (Å²) in [5, 5.41) is 11.8. The van der Waals surface area contributed by atoms with Gasteiger partial charge in [-0.3, -0.25) is 0 Å². The molecule has 0 aliphatic heterocycles. The van der Waals surface area contributed by atoms with Crippen LogP contribution in [0.5, 0.6) is 0 Å². The molecule has 0 radical (unpaired) electrons. The van der Waals surface area contributed by atoms with Crippen molar-refractivity contribution >= 4 is 5.69 Å². The van der Waals surface area contributed by atoms with E-state index < -0.39 is 0 Å². The highest BCUT2D eigenvalue weighted by atomic mass is 15.1. The molecule has 0 bridgehead atoms. The maximum atomic E-state index is 8.67. The average Bonchev–Trinajstić information content (AvgIpc) is 2.29. The minimum atomic E-state index is 0.711. The lowest BCUT2D eigenvalue weighted by Gasteiger charge is -2.19. The van der Waals surface area contributed by atoms with Gasteiger partial charge in [-0.05, 0) is 44.3 Å². The van der Waals surface area contributed by atoms with Crippen molar-refractivity contribution in [1.29, 1.82) is 5.26 Å². The minimum absolute atomic E-state index is 0.711. The number of anilines is 1. The van der Waals surface area contributed by atoms with Gasteiger partial charge in [0.05, 0.1) is 11.6 Å². The third-order valence-corrected chi connectivity index (χ3v) is 2.36. The quantitative estimate of drug-likeness (QED) is 0.739. The highest BCUT2D eigenvalue weighted by Crippen LogP contribution is 2.13. The van der Waals surface area contributed by atoms with Crippen LogP contribution < -0.4 is 10.2 Å². The lowest BCUT2D eigenvalue weighted by molar-refractivity contribution is 0.713. The Kier molecular flexibility index (Phi) is 4.65. The Hall–Kier alpha value is -1.53. The van der Waals surface area contributed by atoms with Gasteiger partial charge in [-0.15, -0.1) is 0 Å². The van der Waals surface area contributed by atoms with Crippen LogP contribution in [0.4, 0.5) is 5.69 Å². The maximum absolute atomic E-state index is 8.67. The first-order valence-electron chi connectivity index (χ1n) is 5.14. The van der Waals surface area contributed by atoms with Crippen LogP contribution >= 0.6 is 0 Å². The fourth-order valence-corrected chi connectivity index (χ4v) is 1.41. The number of nitrogens with one attached hydrogen (secondary N) is 1. The molecule has 1 N–H and O–H groups in total. The predicted molar refractivity (Wildman–Crippen MR) is 63.0 cm³/mol. The van der Waals surface area contributed by atoms with Crippen LogP contribution in [-0.4, -0.2) is 27.2 Å². The monoisotopic (exact) mass is 203 g/mol. The van der Waals surface area contributed by atoms with Crippen molar-refractivity contribution in [2.24, 2.45) is 0 Å². The van der Waals surface area contributed by atoms with Crippen molar-refractivity contribution in [3.63, 3.8) is 0 Å². The topological polar surface area (TPSA) is 39.1 Å². The third-order valence-electron chi connectivity index (χ3n) is 2.36. The second-order valence-electron chi connectivity index (χ2n) is 3.54. The number of hydrogen-bond acceptors (Lipinski definition) is 3. The lowest BCUT2D eigenvalue weighted by atomic mass is 10.2. The van der Waals surface area contributed by atoms with Gasteiger partial charge in [-0.1, -0.05) is 0 Å². The SMILES string of the molecule is CNCCCN(C)c1ccc(C#N)cc1. The van der Waals surface area contributed by atoms with E-state index in [-0.39, 0.29) is 0 Å². The van der Waals surface area contributed by atoms with Gasteiger partial charge in [0.25, 0.3) is 0 Å². The summed E-state index contributed by atoms with van der Waals surface area (Å²) >= 11 is 0. The van der Waals surface area contributed by atoms with Gasteiger partial charge in [0.1, 0.15) is 0 Å². The summed E-state index contributed by atoms with van der Waals surface area (Å²) in [4.78, 5) is 2.19. The Morgan fingerprint density at radius 2 is 2.00 bits per heavy atom. The minimum Gasteiger partial charge on any atom is -0.375 e. The summed E-state index contributed by atoms with van der Waals surface area (Å²) in [7, 11) is 4.03. The van der Waals surface area contributed by atoms with E-state index >= 15 is 0 Å². The summed E-state index contributed by atoms with van der Waals surface area (Å²) in [6.45, 7) is 2.05. The first kappa shape index (κ1) is 11.5. The van der Waals surface area contributed by atoms with Crippen LogP contribution in [0.15, 0.2) is 24.3 Å². The summed E-state index contributed by atoms with van der Waals surface area (Å²) in [6.07, 6.45) is 1.12. The van der Waals surface area contributed by atoms with E-state index in [2.05, 4.69) is 23.3 Å². The van der Waals surface area contributed by atoms with E-state index in [0.717, 1.165) is 25.2 Å². The molecule has 3 heteroatoms. The summed E-state index contributed by atoms with van der Waals surface area (Å²) < 4.78 is 0. The molecule has 0 spiro atoms. The highest BCUT2D eigenvalue weighted by Gasteiger charge is 1.99. The van der Waals surface area contributed by atoms with Crippen molar-refractivity contribution in [2.75, 3.05) is 32.1 Å². The fraction of sp³-hybridized carbons (Fsp3) is 0.417. The zero-order valence-corrected chi connectivity index (χ0v) is 9.33. The summed E-state index contributed by atoms with van der Waals surface area (Å²) in [6, 6.07) is 9.79. The average molecular weight is 203 g/mol. The van der Waals surface area contributed by atoms with Crippen LogP contribution in [0.1, 0.15) is 12.0 Å². The Morgan fingerprint density at radius 1 is 1.33 bits per heavy atom. The number of benzene rings is 1. The molecule has 80 valence electrons. The van der Waals surface area contributed by atoms with Crippen LogP contribution in [-0.2, 0) is 0 Å². The van der Waals surface area contributed by atoms with Gasteiger partial charge in [-0.2, -0.15) is 5.26 Å². The molecule has 0 saturated heterocycles. The van der Waals surface area contributed by atoms with Crippen molar-refractivity contribution in [1.82, 2.24) is 5.32 Å². The molecule has 1 aromatic carbocycles. The normalized spacial score (nSPS) is 9.67. The van der Waals surface area contributed by atoms with Gasteiger partial charge in [0.15, 0.2) is 0 Å². The summed E-state index contributed by atoms with van der Waals surface area (Å²) in [5.74, 6) is 0. The van der Waals surface area contributed by atoms with E-state index in [4.69, 9.17) is 5.26 Å². The molecular formula is C12H17N3. The highest BCUT2D eigenvalue weighted by molar-refractivity contribution is 5.48. The molecule has 0 heterocycles. The van der Waals surface area contributed by atoms with E-state index in [0.29, 0.717) is 5.56 Å². The van der Waals surface area contributed by atoms with Gasteiger partial charge in [-0.25, -0.2) is 0 Å². The van der Waals surface area contributed by atoms with Gasteiger partial charge >= 0.3 is 0 Å². The van der Waals surface area contributed by atoms with Crippen LogP contribution in [0.25, 0.3) is 0 Å². The van der Waals surface area contributed by atoms with Gasteiger partial charge in [0, 0.05) is 19.3 Å². The number of rotatable bonds is 5. The Bertz CT molecular complexity index is 324. The molecule has 0 aliphatic rings. The second-order valence-corrected chi connectivity index (χ2v) is 3.54. The van der Waals surface area contributed by atoms with E-state index in [9.17, 15) is 0 Å². The van der Waals surface area contributed by atoms with Crippen molar-refractivity contribution in [3.05, 3.63) is 29.8 Å². The molecular weight excluding hydrogens is 186 g/mol. The molecule has 1 rings (SSSR count). The lowest BCUT2D eigenvalue weighted by Crippen LogP contribution is -2.22. The number of nitrogens with zero attached hydrogens (tertiary/aromatic N) is 2. The Balaban J connectivity index is 2.51. The van der Waals surface area contributed by atoms with Crippen molar-refractivity contribution in [2.45, 2.75) is 6.42 Å². The largest absolute Gasteiger partial charge is 0.375 e. The molecule has 0 atom stereocenters. The molecule has 0 amide bonds. The molecule has 3 nitrogen and oxygen atoms in total. The van der Waals surface area contributed by atoms with Crippen molar-refractivity contribution in [3.8, 4) is 6.07 Å². The van der Waals surface area contributed by atoms with Gasteiger partial charge < -0.3 is 10.2 Å². The molecule has 0 aliphatic carbocycles. The second kappa shape index (κ2) is 6.05. The molecule has 0 unspecified atom stereocenters. The molecule has 1 aromatic rings. The van der Waals surface area contributed by atoms with E-state index in [1.54, 1.807) is 0 Å². The standard InChI is InChI=1S/C12H17N3/c1-14-8-3-9-15(2)12-6-4-11(10-13)5-7-12/h4-7,14H,3,8-9H2,1-2H3. The Morgan fingerprint density at radius 3 is 2.53 bits per heavy atom. The van der Waals surface area contributed by atoms with E-state index in [1.807, 2.05) is 31.3 Å². The zero-order valence-electron chi connectivity index (χ0n) is 9.33. The van der Waals surface area contributed by atoms with Crippen molar-refractivity contribution < 1.29 is 0 Å². The first-order chi connectivity index (χ1) is 7.27. The molecule has 15 heavy (non-hydrogen) atoms. The van der Waals surface area contributed by atoms with Crippen LogP contribution in [0, 0.1) is 11.3 Å². The third kappa shape index (κ3) is 3.61. The van der Waals surface area contributed by atoms with Gasteiger partial charge in [0.2, 0.25) is 0 Å². The first-order valence-corrected chi connectivity index (χ1v) is 5.14. The molecule has 0 aromatic heterocycles. The summed E-state index contributed by atoms with van der Waals surface area (Å²) in [5.41, 5.74) is 1.87. The number of nitriles is 1. The zero-order chi connectivity index (χ0) is 11.1. The maximum Gasteiger partial charge on any atom is 0.0991 e. The van der Waals surface area contributed by atoms with E-state index in [1.165, 1.54) is 0 Å². The Labute approximate surface area is 91.3 Å². The fourth-order valence-electron chi connectivity index (χ4n) is 1.41. The molecule has 0 fully saturated rings.